The van der Waals surface area contributed by atoms with Gasteiger partial charge in [0.1, 0.15) is 0 Å². The molecule has 1 rings (SSSR count). The number of nitriles is 2. The molecule has 98 valence electrons. The van der Waals surface area contributed by atoms with Crippen LogP contribution in [-0.4, -0.2) is 18.1 Å². The summed E-state index contributed by atoms with van der Waals surface area (Å²) in [6.07, 6.45) is -4.87. The SMILES string of the molecule is N#CC(C#N)C(NC(=O)c1ccccc1)C(F)(F)F. The quantitative estimate of drug-likeness (QED) is 0.910. The van der Waals surface area contributed by atoms with Gasteiger partial charge in [-0.3, -0.25) is 4.79 Å². The summed E-state index contributed by atoms with van der Waals surface area (Å²) in [6.45, 7) is 0. The van der Waals surface area contributed by atoms with Crippen LogP contribution < -0.4 is 5.32 Å². The third-order valence-electron chi connectivity index (χ3n) is 2.29. The summed E-state index contributed by atoms with van der Waals surface area (Å²) in [6, 6.07) is 7.16. The van der Waals surface area contributed by atoms with Gasteiger partial charge in [-0.15, -0.1) is 0 Å². The molecule has 1 amide bonds. The summed E-state index contributed by atoms with van der Waals surface area (Å²) in [5.74, 6) is -2.98. The van der Waals surface area contributed by atoms with Crippen molar-refractivity contribution in [3.05, 3.63) is 35.9 Å². The molecule has 0 aromatic heterocycles. The molecule has 0 aliphatic heterocycles. The number of alkyl halides is 3. The molecule has 0 aliphatic carbocycles. The Hall–Kier alpha value is -2.54. The summed E-state index contributed by atoms with van der Waals surface area (Å²) >= 11 is 0. The fourth-order valence-corrected chi connectivity index (χ4v) is 1.35. The molecule has 1 aromatic rings. The first kappa shape index (κ1) is 14.5. The zero-order valence-electron chi connectivity index (χ0n) is 9.48. The number of amides is 1. The molecular formula is C12H8F3N3O. The maximum Gasteiger partial charge on any atom is 0.410 e. The number of nitrogens with zero attached hydrogens (tertiary/aromatic N) is 2. The molecule has 0 radical (unpaired) electrons. The molecular weight excluding hydrogens is 259 g/mol. The van der Waals surface area contributed by atoms with Crippen molar-refractivity contribution >= 4 is 5.91 Å². The van der Waals surface area contributed by atoms with E-state index in [4.69, 9.17) is 10.5 Å². The van der Waals surface area contributed by atoms with Gasteiger partial charge in [-0.05, 0) is 12.1 Å². The van der Waals surface area contributed by atoms with E-state index in [-0.39, 0.29) is 5.56 Å². The van der Waals surface area contributed by atoms with Gasteiger partial charge in [0, 0.05) is 5.56 Å². The van der Waals surface area contributed by atoms with Crippen LogP contribution in [0.25, 0.3) is 0 Å². The molecule has 19 heavy (non-hydrogen) atoms. The normalized spacial score (nSPS) is 12.3. The minimum absolute atomic E-state index is 0.0198. The van der Waals surface area contributed by atoms with Crippen molar-refractivity contribution in [3.8, 4) is 12.1 Å². The zero-order chi connectivity index (χ0) is 14.5. The second kappa shape index (κ2) is 5.87. The molecule has 0 heterocycles. The maximum absolute atomic E-state index is 12.7. The molecule has 0 bridgehead atoms. The Kier molecular flexibility index (Phi) is 4.49. The number of nitrogens with one attached hydrogen (secondary N) is 1. The van der Waals surface area contributed by atoms with Crippen molar-refractivity contribution in [2.75, 3.05) is 0 Å². The van der Waals surface area contributed by atoms with E-state index in [1.165, 1.54) is 36.4 Å². The molecule has 1 N–H and O–H groups in total. The van der Waals surface area contributed by atoms with Crippen molar-refractivity contribution in [1.82, 2.24) is 5.32 Å². The van der Waals surface area contributed by atoms with Gasteiger partial charge in [-0.1, -0.05) is 18.2 Å². The molecule has 0 spiro atoms. The zero-order valence-corrected chi connectivity index (χ0v) is 9.48. The highest BCUT2D eigenvalue weighted by atomic mass is 19.4. The first-order valence-electron chi connectivity index (χ1n) is 5.12. The first-order valence-corrected chi connectivity index (χ1v) is 5.12. The number of rotatable bonds is 3. The number of benzene rings is 1. The largest absolute Gasteiger partial charge is 0.410 e. The van der Waals surface area contributed by atoms with E-state index in [2.05, 4.69) is 0 Å². The number of hydrogen-bond acceptors (Lipinski definition) is 3. The fraction of sp³-hybridized carbons (Fsp3) is 0.250. The van der Waals surface area contributed by atoms with Gasteiger partial charge in [0.25, 0.3) is 5.91 Å². The third-order valence-corrected chi connectivity index (χ3v) is 2.29. The first-order chi connectivity index (χ1) is 8.90. The molecule has 0 saturated carbocycles. The minimum atomic E-state index is -4.87. The van der Waals surface area contributed by atoms with Crippen LogP contribution in [0.2, 0.25) is 0 Å². The lowest BCUT2D eigenvalue weighted by molar-refractivity contribution is -0.157. The van der Waals surface area contributed by atoms with Crippen LogP contribution in [0.5, 0.6) is 0 Å². The standard InChI is InChI=1S/C12H8F3N3O/c13-12(14,15)10(9(6-16)7-17)18-11(19)8-4-2-1-3-5-8/h1-5,9-10H,(H,18,19). The van der Waals surface area contributed by atoms with E-state index in [0.717, 1.165) is 0 Å². The van der Waals surface area contributed by atoms with Gasteiger partial charge < -0.3 is 5.32 Å². The van der Waals surface area contributed by atoms with Gasteiger partial charge in [-0.2, -0.15) is 23.7 Å². The molecule has 0 fully saturated rings. The predicted octanol–water partition coefficient (Wildman–Crippen LogP) is 2.01. The fourth-order valence-electron chi connectivity index (χ4n) is 1.35. The van der Waals surface area contributed by atoms with E-state index in [1.807, 2.05) is 0 Å². The number of halogens is 3. The van der Waals surface area contributed by atoms with Crippen LogP contribution in [0.3, 0.4) is 0 Å². The van der Waals surface area contributed by atoms with Gasteiger partial charge >= 0.3 is 6.18 Å². The Labute approximate surface area is 107 Å². The van der Waals surface area contributed by atoms with Gasteiger partial charge in [0.05, 0.1) is 12.1 Å². The summed E-state index contributed by atoms with van der Waals surface area (Å²) in [4.78, 5) is 11.6. The lowest BCUT2D eigenvalue weighted by Gasteiger charge is -2.21. The number of hydrogen-bond donors (Lipinski definition) is 1. The van der Waals surface area contributed by atoms with E-state index in [0.29, 0.717) is 0 Å². The monoisotopic (exact) mass is 267 g/mol. The average molecular weight is 267 g/mol. The number of carbonyl (C=O) groups excluding carboxylic acids is 1. The summed E-state index contributed by atoms with van der Waals surface area (Å²) in [7, 11) is 0. The predicted molar refractivity (Wildman–Crippen MR) is 58.5 cm³/mol. The van der Waals surface area contributed by atoms with Crippen molar-refractivity contribution < 1.29 is 18.0 Å². The Morgan fingerprint density at radius 1 is 1.16 bits per heavy atom. The van der Waals surface area contributed by atoms with Crippen molar-refractivity contribution in [2.45, 2.75) is 12.2 Å². The smallest absolute Gasteiger partial charge is 0.338 e. The van der Waals surface area contributed by atoms with Gasteiger partial charge in [-0.25, -0.2) is 0 Å². The summed E-state index contributed by atoms with van der Waals surface area (Å²) < 4.78 is 38.1. The highest BCUT2D eigenvalue weighted by Crippen LogP contribution is 2.25. The second-order valence-corrected chi connectivity index (χ2v) is 3.59. The van der Waals surface area contributed by atoms with Crippen LogP contribution in [0, 0.1) is 28.6 Å². The van der Waals surface area contributed by atoms with Crippen LogP contribution in [0.4, 0.5) is 13.2 Å². The van der Waals surface area contributed by atoms with Crippen LogP contribution >= 0.6 is 0 Å². The topological polar surface area (TPSA) is 76.7 Å². The lowest BCUT2D eigenvalue weighted by atomic mass is 10.0. The Balaban J connectivity index is 2.95. The van der Waals surface area contributed by atoms with Crippen LogP contribution in [-0.2, 0) is 0 Å². The molecule has 1 atom stereocenters. The lowest BCUT2D eigenvalue weighted by Crippen LogP contribution is -2.49. The van der Waals surface area contributed by atoms with Crippen molar-refractivity contribution in [1.29, 1.82) is 10.5 Å². The van der Waals surface area contributed by atoms with Gasteiger partial charge in [0.15, 0.2) is 12.0 Å². The maximum atomic E-state index is 12.7. The molecule has 1 aromatic carbocycles. The van der Waals surface area contributed by atoms with Crippen LogP contribution in [0.1, 0.15) is 10.4 Å². The van der Waals surface area contributed by atoms with Crippen molar-refractivity contribution in [2.24, 2.45) is 5.92 Å². The minimum Gasteiger partial charge on any atom is -0.338 e. The van der Waals surface area contributed by atoms with E-state index >= 15 is 0 Å². The Morgan fingerprint density at radius 3 is 2.11 bits per heavy atom. The Morgan fingerprint density at radius 2 is 1.68 bits per heavy atom. The summed E-state index contributed by atoms with van der Waals surface area (Å²) in [5.41, 5.74) is 0.0198. The molecule has 7 heteroatoms. The molecule has 0 aliphatic rings. The van der Waals surface area contributed by atoms with Crippen LogP contribution in [0.15, 0.2) is 30.3 Å². The second-order valence-electron chi connectivity index (χ2n) is 3.59. The average Bonchev–Trinajstić information content (AvgIpc) is 2.38. The van der Waals surface area contributed by atoms with Crippen molar-refractivity contribution in [3.63, 3.8) is 0 Å². The molecule has 1 unspecified atom stereocenters. The highest BCUT2D eigenvalue weighted by Gasteiger charge is 2.46. The molecule has 0 saturated heterocycles. The van der Waals surface area contributed by atoms with Gasteiger partial charge in [0.2, 0.25) is 0 Å². The highest BCUT2D eigenvalue weighted by molar-refractivity contribution is 5.94. The number of carbonyl (C=O) groups is 1. The molecule has 4 nitrogen and oxygen atoms in total. The third kappa shape index (κ3) is 3.71. The Bertz CT molecular complexity index is 514. The summed E-state index contributed by atoms with van der Waals surface area (Å²) in [5, 5.41) is 18.7. The van der Waals surface area contributed by atoms with E-state index in [9.17, 15) is 18.0 Å². The van der Waals surface area contributed by atoms with E-state index in [1.54, 1.807) is 11.4 Å². The van der Waals surface area contributed by atoms with E-state index < -0.39 is 24.0 Å².